The maximum absolute atomic E-state index is 12.6. The average molecular weight is 336 g/mol. The summed E-state index contributed by atoms with van der Waals surface area (Å²) in [5, 5.41) is 0. The molecule has 0 heterocycles. The summed E-state index contributed by atoms with van der Waals surface area (Å²) >= 11 is 0. The van der Waals surface area contributed by atoms with E-state index in [1.807, 2.05) is 32.9 Å². The van der Waals surface area contributed by atoms with Crippen LogP contribution in [0.4, 0.5) is 0 Å². The summed E-state index contributed by atoms with van der Waals surface area (Å²) in [6.45, 7) is 12.2. The lowest BCUT2D eigenvalue weighted by molar-refractivity contribution is 0.587. The van der Waals surface area contributed by atoms with Crippen molar-refractivity contribution in [1.29, 1.82) is 0 Å². The minimum absolute atomic E-state index is 0.302. The number of hydrogen-bond acceptors (Lipinski definition) is 2. The molecule has 128 valence electrons. The van der Waals surface area contributed by atoms with Gasteiger partial charge in [-0.15, -0.1) is 0 Å². The molecule has 0 aliphatic heterocycles. The molecular weight excluding hydrogens is 306 g/mol. The van der Waals surface area contributed by atoms with E-state index < -0.39 is 10.0 Å². The maximum Gasteiger partial charge on any atom is 0.261 e. The summed E-state index contributed by atoms with van der Waals surface area (Å²) in [5.41, 5.74) is 5.45. The number of benzene rings is 1. The molecule has 0 saturated carbocycles. The van der Waals surface area contributed by atoms with E-state index in [1.54, 1.807) is 12.1 Å². The van der Waals surface area contributed by atoms with Crippen LogP contribution >= 0.6 is 0 Å². The molecule has 0 radical (unpaired) electrons. The molecule has 0 saturated heterocycles. The van der Waals surface area contributed by atoms with Crippen molar-refractivity contribution in [2.75, 3.05) is 0 Å². The van der Waals surface area contributed by atoms with Gasteiger partial charge in [-0.3, -0.25) is 4.72 Å². The summed E-state index contributed by atoms with van der Waals surface area (Å²) in [7, 11) is -3.54. The molecule has 1 rings (SSSR count). The topological polar surface area (TPSA) is 46.2 Å². The van der Waals surface area contributed by atoms with Crippen molar-refractivity contribution >= 4 is 10.0 Å². The molecule has 23 heavy (non-hydrogen) atoms. The van der Waals surface area contributed by atoms with Crippen molar-refractivity contribution < 1.29 is 8.42 Å². The van der Waals surface area contributed by atoms with Gasteiger partial charge in [0.15, 0.2) is 0 Å². The lowest BCUT2D eigenvalue weighted by Gasteiger charge is -2.17. The first-order valence-corrected chi connectivity index (χ1v) is 9.62. The molecule has 4 heteroatoms. The van der Waals surface area contributed by atoms with Crippen LogP contribution in [0, 0.1) is 6.92 Å². The second-order valence-corrected chi connectivity index (χ2v) is 7.85. The van der Waals surface area contributed by atoms with Crippen LogP contribution in [0.5, 0.6) is 0 Å². The van der Waals surface area contributed by atoms with E-state index in [2.05, 4.69) is 25.5 Å². The van der Waals surface area contributed by atoms with Gasteiger partial charge in [0, 0.05) is 12.1 Å². The molecule has 0 aliphatic carbocycles. The zero-order valence-electron chi connectivity index (χ0n) is 15.2. The molecule has 0 unspecified atom stereocenters. The van der Waals surface area contributed by atoms with Crippen LogP contribution in [0.15, 0.2) is 51.6 Å². The van der Waals surface area contributed by atoms with Gasteiger partial charge >= 0.3 is 0 Å². The van der Waals surface area contributed by atoms with Crippen LogP contribution in [0.25, 0.3) is 0 Å². The van der Waals surface area contributed by atoms with Gasteiger partial charge in [-0.1, -0.05) is 48.3 Å². The second-order valence-electron chi connectivity index (χ2n) is 6.16. The number of allylic oxidation sites excluding steroid dienone is 3. The fourth-order valence-electron chi connectivity index (χ4n) is 2.29. The minimum atomic E-state index is -3.54. The third-order valence-electron chi connectivity index (χ3n) is 4.14. The Kier molecular flexibility index (Phi) is 7.07. The van der Waals surface area contributed by atoms with E-state index >= 15 is 0 Å². The number of nitrogens with one attached hydrogen (secondary N) is 1. The van der Waals surface area contributed by atoms with Crippen molar-refractivity contribution in [3.05, 3.63) is 52.2 Å². The number of rotatable bonds is 7. The summed E-state index contributed by atoms with van der Waals surface area (Å²) < 4.78 is 28.0. The third kappa shape index (κ3) is 5.54. The first kappa shape index (κ1) is 19.5. The zero-order chi connectivity index (χ0) is 17.6. The highest BCUT2D eigenvalue weighted by molar-refractivity contribution is 7.89. The lowest BCUT2D eigenvalue weighted by Crippen LogP contribution is -2.24. The molecular formula is C19H29NO2S. The molecule has 0 atom stereocenters. The highest BCUT2D eigenvalue weighted by atomic mass is 32.2. The van der Waals surface area contributed by atoms with Crippen molar-refractivity contribution in [3.63, 3.8) is 0 Å². The number of hydrogen-bond donors (Lipinski definition) is 1. The maximum atomic E-state index is 12.6. The summed E-state index contributed by atoms with van der Waals surface area (Å²) in [6.07, 6.45) is 2.58. The molecule has 0 bridgehead atoms. The summed E-state index contributed by atoms with van der Waals surface area (Å²) in [6, 6.07) is 6.92. The average Bonchev–Trinajstić information content (AvgIpc) is 2.50. The van der Waals surface area contributed by atoms with Crippen molar-refractivity contribution in [2.24, 2.45) is 0 Å². The fourth-order valence-corrected chi connectivity index (χ4v) is 3.51. The Hall–Kier alpha value is -1.55. The molecule has 0 amide bonds. The van der Waals surface area contributed by atoms with E-state index in [4.69, 9.17) is 0 Å². The molecule has 1 aromatic carbocycles. The van der Waals surface area contributed by atoms with Gasteiger partial charge in [-0.05, 0) is 52.7 Å². The van der Waals surface area contributed by atoms with Gasteiger partial charge in [0.2, 0.25) is 0 Å². The highest BCUT2D eigenvalue weighted by Crippen LogP contribution is 2.22. The smallest absolute Gasteiger partial charge is 0.261 e. The zero-order valence-corrected chi connectivity index (χ0v) is 16.0. The molecule has 0 spiro atoms. The molecule has 0 fully saturated rings. The molecule has 3 nitrogen and oxygen atoms in total. The third-order valence-corrected chi connectivity index (χ3v) is 5.55. The second kappa shape index (κ2) is 8.34. The monoisotopic (exact) mass is 335 g/mol. The van der Waals surface area contributed by atoms with Crippen molar-refractivity contribution in [3.8, 4) is 0 Å². The summed E-state index contributed by atoms with van der Waals surface area (Å²) in [4.78, 5) is 0.302. The number of aryl methyl sites for hydroxylation is 1. The van der Waals surface area contributed by atoms with Crippen LogP contribution < -0.4 is 4.72 Å². The largest absolute Gasteiger partial charge is 0.283 e. The van der Waals surface area contributed by atoms with Crippen molar-refractivity contribution in [1.82, 2.24) is 4.72 Å². The Labute approximate surface area is 141 Å². The highest BCUT2D eigenvalue weighted by Gasteiger charge is 2.17. The molecule has 1 N–H and O–H groups in total. The predicted molar refractivity (Wildman–Crippen MR) is 97.8 cm³/mol. The van der Waals surface area contributed by atoms with Crippen LogP contribution in [0.2, 0.25) is 0 Å². The van der Waals surface area contributed by atoms with Crippen LogP contribution in [-0.2, 0) is 10.0 Å². The van der Waals surface area contributed by atoms with Gasteiger partial charge in [0.05, 0.1) is 4.90 Å². The van der Waals surface area contributed by atoms with E-state index in [-0.39, 0.29) is 0 Å². The SMILES string of the molecule is CC/C(C)=C(\CC)CC(NS(=O)(=O)c1ccc(C)cc1)=C(C)C. The lowest BCUT2D eigenvalue weighted by atomic mass is 9.99. The normalized spacial score (nSPS) is 12.6. The Morgan fingerprint density at radius 2 is 1.57 bits per heavy atom. The molecule has 0 aromatic heterocycles. The predicted octanol–water partition coefficient (Wildman–Crippen LogP) is 5.09. The van der Waals surface area contributed by atoms with Gasteiger partial charge in [0.25, 0.3) is 10.0 Å². The van der Waals surface area contributed by atoms with Gasteiger partial charge in [-0.25, -0.2) is 8.42 Å². The first-order valence-electron chi connectivity index (χ1n) is 8.14. The standard InChI is InChI=1S/C19H29NO2S/c1-7-16(6)17(8-2)13-19(14(3)4)20-23(21,22)18-11-9-15(5)10-12-18/h9-12,20H,7-8,13H2,1-6H3/b17-16+. The van der Waals surface area contributed by atoms with Crippen LogP contribution in [-0.4, -0.2) is 8.42 Å². The van der Waals surface area contributed by atoms with Gasteiger partial charge < -0.3 is 0 Å². The van der Waals surface area contributed by atoms with Gasteiger partial charge in [0.1, 0.15) is 0 Å². The first-order chi connectivity index (χ1) is 10.7. The van der Waals surface area contributed by atoms with E-state index in [9.17, 15) is 8.42 Å². The summed E-state index contributed by atoms with van der Waals surface area (Å²) in [5.74, 6) is 0. The molecule has 1 aromatic rings. The van der Waals surface area contributed by atoms with Gasteiger partial charge in [-0.2, -0.15) is 0 Å². The van der Waals surface area contributed by atoms with E-state index in [0.29, 0.717) is 11.3 Å². The minimum Gasteiger partial charge on any atom is -0.283 e. The molecule has 0 aliphatic rings. The van der Waals surface area contributed by atoms with E-state index in [0.717, 1.165) is 29.7 Å². The number of sulfonamides is 1. The van der Waals surface area contributed by atoms with Crippen LogP contribution in [0.3, 0.4) is 0 Å². The van der Waals surface area contributed by atoms with Crippen molar-refractivity contribution in [2.45, 2.75) is 65.7 Å². The van der Waals surface area contributed by atoms with Crippen LogP contribution in [0.1, 0.15) is 59.4 Å². The fraction of sp³-hybridized carbons (Fsp3) is 0.474. The Bertz CT molecular complexity index is 691. The Morgan fingerprint density at radius 3 is 2.00 bits per heavy atom. The van der Waals surface area contributed by atoms with E-state index in [1.165, 1.54) is 11.1 Å². The Morgan fingerprint density at radius 1 is 1.00 bits per heavy atom. The Balaban J connectivity index is 3.10. The quantitative estimate of drug-likeness (QED) is 0.705.